The van der Waals surface area contributed by atoms with Crippen LogP contribution >= 0.6 is 0 Å². The molecule has 1 radical (unpaired) electrons. The third-order valence-corrected chi connectivity index (χ3v) is 2.31. The highest BCUT2D eigenvalue weighted by molar-refractivity contribution is 5.72. The van der Waals surface area contributed by atoms with Gasteiger partial charge in [-0.25, -0.2) is 0 Å². The Balaban J connectivity index is 1.86. The molecule has 0 unspecified atom stereocenters. The number of hydrogen-bond donors (Lipinski definition) is 1. The Morgan fingerprint density at radius 3 is 3.00 bits per heavy atom. The zero-order valence-electron chi connectivity index (χ0n) is 8.38. The third kappa shape index (κ3) is 4.88. The van der Waals surface area contributed by atoms with Gasteiger partial charge >= 0.3 is 0 Å². The summed E-state index contributed by atoms with van der Waals surface area (Å²) in [4.78, 5) is 13.0. The average Bonchev–Trinajstić information content (AvgIpc) is 2.55. The van der Waals surface area contributed by atoms with E-state index in [1.807, 2.05) is 0 Å². The Kier molecular flexibility index (Phi) is 4.83. The molecule has 3 nitrogen and oxygen atoms in total. The fourth-order valence-corrected chi connectivity index (χ4v) is 1.57. The molecule has 0 saturated carbocycles. The molecule has 1 N–H and O–H groups in total. The van der Waals surface area contributed by atoms with Crippen molar-refractivity contribution in [2.24, 2.45) is 0 Å². The minimum absolute atomic E-state index is 0.0782. The molecular formula is C10H19N2O. The van der Waals surface area contributed by atoms with Crippen LogP contribution in [-0.2, 0) is 4.79 Å². The summed E-state index contributed by atoms with van der Waals surface area (Å²) in [6.45, 7) is 5.94. The van der Waals surface area contributed by atoms with Crippen molar-refractivity contribution < 1.29 is 4.79 Å². The number of nitrogens with zero attached hydrogens (tertiary/aromatic N) is 1. The predicted molar refractivity (Wildman–Crippen MR) is 53.3 cm³/mol. The molecule has 0 aromatic heterocycles. The second-order valence-electron chi connectivity index (χ2n) is 3.57. The van der Waals surface area contributed by atoms with Crippen molar-refractivity contribution in [3.8, 4) is 0 Å². The van der Waals surface area contributed by atoms with Crippen LogP contribution in [0.5, 0.6) is 0 Å². The van der Waals surface area contributed by atoms with E-state index in [-0.39, 0.29) is 5.91 Å². The van der Waals surface area contributed by atoms with Crippen LogP contribution in [0.2, 0.25) is 0 Å². The lowest BCUT2D eigenvalue weighted by Crippen LogP contribution is -2.24. The second kappa shape index (κ2) is 5.97. The van der Waals surface area contributed by atoms with Gasteiger partial charge in [-0.05, 0) is 38.8 Å². The summed E-state index contributed by atoms with van der Waals surface area (Å²) in [6.07, 6.45) is 5.85. The summed E-state index contributed by atoms with van der Waals surface area (Å²) in [5.74, 6) is 0.0782. The van der Waals surface area contributed by atoms with Gasteiger partial charge < -0.3 is 10.2 Å². The minimum Gasteiger partial charge on any atom is -0.356 e. The van der Waals surface area contributed by atoms with Gasteiger partial charge in [-0.1, -0.05) is 0 Å². The summed E-state index contributed by atoms with van der Waals surface area (Å²) in [5, 5.41) is 2.81. The summed E-state index contributed by atoms with van der Waals surface area (Å²) in [7, 11) is 0. The molecule has 0 bridgehead atoms. The monoisotopic (exact) mass is 183 g/mol. The highest BCUT2D eigenvalue weighted by Gasteiger charge is 2.09. The van der Waals surface area contributed by atoms with Gasteiger partial charge in [0.25, 0.3) is 0 Å². The van der Waals surface area contributed by atoms with E-state index in [0.29, 0.717) is 0 Å². The maximum absolute atomic E-state index is 10.5. The number of hydrogen-bond acceptors (Lipinski definition) is 2. The average molecular weight is 183 g/mol. The first-order valence-electron chi connectivity index (χ1n) is 5.07. The topological polar surface area (TPSA) is 32.3 Å². The van der Waals surface area contributed by atoms with Crippen LogP contribution in [-0.4, -0.2) is 37.0 Å². The van der Waals surface area contributed by atoms with Crippen molar-refractivity contribution in [1.29, 1.82) is 0 Å². The lowest BCUT2D eigenvalue weighted by atomic mass is 10.3. The van der Waals surface area contributed by atoms with Crippen LogP contribution in [0.4, 0.5) is 0 Å². The summed E-state index contributed by atoms with van der Waals surface area (Å²) < 4.78 is 0. The number of unbranched alkanes of at least 4 members (excludes halogenated alkanes) is 1. The van der Waals surface area contributed by atoms with Crippen LogP contribution in [0, 0.1) is 6.42 Å². The maximum Gasteiger partial charge on any atom is 0.216 e. The summed E-state index contributed by atoms with van der Waals surface area (Å²) in [6, 6.07) is 0. The standard InChI is InChI=1S/C10H19N2O/c1-10(13)11-6-2-3-7-12-8-4-5-9-12/h4H,2-3,5-9H2,1H3,(H,11,13). The molecule has 1 heterocycles. The van der Waals surface area contributed by atoms with Gasteiger partial charge in [0, 0.05) is 20.0 Å². The van der Waals surface area contributed by atoms with Crippen molar-refractivity contribution in [1.82, 2.24) is 10.2 Å². The van der Waals surface area contributed by atoms with Crippen LogP contribution in [0.1, 0.15) is 26.2 Å². The second-order valence-corrected chi connectivity index (χ2v) is 3.57. The molecule has 0 atom stereocenters. The molecule has 0 aromatic rings. The molecule has 0 aliphatic carbocycles. The number of carbonyl (C=O) groups is 1. The highest BCUT2D eigenvalue weighted by Crippen LogP contribution is 2.06. The van der Waals surface area contributed by atoms with Crippen LogP contribution in [0.15, 0.2) is 0 Å². The number of likely N-dealkylation sites (tertiary alicyclic amines) is 1. The molecule has 0 spiro atoms. The van der Waals surface area contributed by atoms with E-state index in [9.17, 15) is 4.79 Å². The first-order valence-corrected chi connectivity index (χ1v) is 5.07. The number of rotatable bonds is 5. The molecule has 1 aliphatic heterocycles. The summed E-state index contributed by atoms with van der Waals surface area (Å²) in [5.41, 5.74) is 0. The van der Waals surface area contributed by atoms with Crippen molar-refractivity contribution in [2.75, 3.05) is 26.2 Å². The highest BCUT2D eigenvalue weighted by atomic mass is 16.1. The zero-order chi connectivity index (χ0) is 9.52. The third-order valence-electron chi connectivity index (χ3n) is 2.31. The molecule has 13 heavy (non-hydrogen) atoms. The summed E-state index contributed by atoms with van der Waals surface area (Å²) >= 11 is 0. The smallest absolute Gasteiger partial charge is 0.216 e. The van der Waals surface area contributed by atoms with Crippen molar-refractivity contribution in [2.45, 2.75) is 26.2 Å². The van der Waals surface area contributed by atoms with Crippen LogP contribution in [0.25, 0.3) is 0 Å². The molecule has 1 rings (SSSR count). The molecule has 1 fully saturated rings. The van der Waals surface area contributed by atoms with E-state index < -0.39 is 0 Å². The van der Waals surface area contributed by atoms with Crippen molar-refractivity contribution >= 4 is 5.91 Å². The van der Waals surface area contributed by atoms with Crippen LogP contribution < -0.4 is 5.32 Å². The van der Waals surface area contributed by atoms with Crippen molar-refractivity contribution in [3.63, 3.8) is 0 Å². The molecule has 1 amide bonds. The Hall–Kier alpha value is -0.570. The quantitative estimate of drug-likeness (QED) is 0.640. The van der Waals surface area contributed by atoms with E-state index in [2.05, 4.69) is 16.6 Å². The van der Waals surface area contributed by atoms with E-state index in [4.69, 9.17) is 0 Å². The first kappa shape index (κ1) is 10.5. The van der Waals surface area contributed by atoms with Gasteiger partial charge in [0.2, 0.25) is 5.91 Å². The largest absolute Gasteiger partial charge is 0.356 e. The molecule has 75 valence electrons. The fraction of sp³-hybridized carbons (Fsp3) is 0.800. The molecular weight excluding hydrogens is 164 g/mol. The van der Waals surface area contributed by atoms with Gasteiger partial charge in [-0.2, -0.15) is 0 Å². The lowest BCUT2D eigenvalue weighted by Gasteiger charge is -2.13. The first-order chi connectivity index (χ1) is 6.29. The molecule has 3 heteroatoms. The number of amides is 1. The number of carbonyl (C=O) groups excluding carboxylic acids is 1. The molecule has 1 saturated heterocycles. The Morgan fingerprint density at radius 2 is 2.38 bits per heavy atom. The lowest BCUT2D eigenvalue weighted by molar-refractivity contribution is -0.118. The predicted octanol–water partition coefficient (Wildman–Crippen LogP) is 0.813. The van der Waals surface area contributed by atoms with Gasteiger partial charge in [-0.3, -0.25) is 4.79 Å². The van der Waals surface area contributed by atoms with Gasteiger partial charge in [0.15, 0.2) is 0 Å². The molecule has 1 aliphatic rings. The van der Waals surface area contributed by atoms with Gasteiger partial charge in [0.1, 0.15) is 0 Å². The maximum atomic E-state index is 10.5. The Bertz CT molecular complexity index is 153. The van der Waals surface area contributed by atoms with E-state index in [0.717, 1.165) is 19.5 Å². The SMILES string of the molecule is CC(=O)NCCCCN1C[CH]CC1. The minimum atomic E-state index is 0.0782. The van der Waals surface area contributed by atoms with E-state index >= 15 is 0 Å². The van der Waals surface area contributed by atoms with Crippen LogP contribution in [0.3, 0.4) is 0 Å². The molecule has 0 aromatic carbocycles. The Labute approximate surface area is 80.5 Å². The Morgan fingerprint density at radius 1 is 1.54 bits per heavy atom. The normalized spacial score (nSPS) is 17.6. The zero-order valence-corrected chi connectivity index (χ0v) is 8.38. The van der Waals surface area contributed by atoms with Crippen molar-refractivity contribution in [3.05, 3.63) is 6.42 Å². The van der Waals surface area contributed by atoms with E-state index in [1.165, 1.54) is 25.9 Å². The van der Waals surface area contributed by atoms with Gasteiger partial charge in [-0.15, -0.1) is 0 Å². The fourth-order valence-electron chi connectivity index (χ4n) is 1.57. The van der Waals surface area contributed by atoms with Gasteiger partial charge in [0.05, 0.1) is 0 Å². The number of nitrogens with one attached hydrogen (secondary N) is 1. The van der Waals surface area contributed by atoms with E-state index in [1.54, 1.807) is 6.92 Å².